The van der Waals surface area contributed by atoms with Crippen molar-refractivity contribution in [2.24, 2.45) is 0 Å². The zero-order valence-electron chi connectivity index (χ0n) is 8.69. The molecule has 2 aromatic rings. The maximum absolute atomic E-state index is 13.2. The molecular formula is C9H2ClF5N2OS. The highest BCUT2D eigenvalue weighted by molar-refractivity contribution is 7.10. The zero-order chi connectivity index (χ0) is 14.2. The Kier molecular flexibility index (Phi) is 3.85. The lowest BCUT2D eigenvalue weighted by Gasteiger charge is -2.09. The van der Waals surface area contributed by atoms with Gasteiger partial charge >= 0.3 is 0 Å². The molecular weight excluding hydrogens is 315 g/mol. The molecule has 0 aliphatic heterocycles. The average molecular weight is 317 g/mol. The summed E-state index contributed by atoms with van der Waals surface area (Å²) in [6, 6.07) is 0. The second-order valence-corrected chi connectivity index (χ2v) is 4.54. The Bertz CT molecular complexity index is 606. The van der Waals surface area contributed by atoms with Crippen molar-refractivity contribution in [2.75, 3.05) is 0 Å². The molecule has 0 saturated carbocycles. The Morgan fingerprint density at radius 3 is 1.95 bits per heavy atom. The normalized spacial score (nSPS) is 10.8. The Hall–Kier alpha value is -1.48. The summed E-state index contributed by atoms with van der Waals surface area (Å²) >= 11 is 6.38. The van der Waals surface area contributed by atoms with Crippen molar-refractivity contribution < 1.29 is 26.7 Å². The summed E-state index contributed by atoms with van der Waals surface area (Å²) in [6.45, 7) is -0.576. The number of hydrogen-bond acceptors (Lipinski definition) is 4. The predicted molar refractivity (Wildman–Crippen MR) is 55.5 cm³/mol. The minimum absolute atomic E-state index is 0.0237. The largest absolute Gasteiger partial charge is 0.481 e. The van der Waals surface area contributed by atoms with Gasteiger partial charge in [-0.05, 0) is 0 Å². The highest BCUT2D eigenvalue weighted by atomic mass is 35.5. The second-order valence-electron chi connectivity index (χ2n) is 3.18. The monoisotopic (exact) mass is 316 g/mol. The molecule has 19 heavy (non-hydrogen) atoms. The van der Waals surface area contributed by atoms with Gasteiger partial charge in [0.15, 0.2) is 5.75 Å². The lowest BCUT2D eigenvalue weighted by Crippen LogP contribution is -2.07. The van der Waals surface area contributed by atoms with Crippen LogP contribution in [-0.2, 0) is 6.61 Å². The van der Waals surface area contributed by atoms with E-state index in [1.165, 1.54) is 0 Å². The number of nitrogens with zero attached hydrogens (tertiary/aromatic N) is 2. The summed E-state index contributed by atoms with van der Waals surface area (Å²) in [4.78, 5) is 0. The van der Waals surface area contributed by atoms with Crippen molar-refractivity contribution in [3.8, 4) is 5.75 Å². The molecule has 0 radical (unpaired) electrons. The van der Waals surface area contributed by atoms with Crippen molar-refractivity contribution in [3.63, 3.8) is 0 Å². The molecule has 1 aromatic carbocycles. The van der Waals surface area contributed by atoms with Gasteiger partial charge in [-0.2, -0.15) is 8.78 Å². The Balaban J connectivity index is 2.33. The van der Waals surface area contributed by atoms with Crippen molar-refractivity contribution in [2.45, 2.75) is 6.61 Å². The summed E-state index contributed by atoms with van der Waals surface area (Å²) in [5.74, 6) is -11.9. The fourth-order valence-corrected chi connectivity index (χ4v) is 1.74. The minimum Gasteiger partial charge on any atom is -0.481 e. The topological polar surface area (TPSA) is 35.0 Å². The van der Waals surface area contributed by atoms with Gasteiger partial charge in [0.25, 0.3) is 0 Å². The van der Waals surface area contributed by atoms with Crippen LogP contribution in [0.3, 0.4) is 0 Å². The summed E-state index contributed by atoms with van der Waals surface area (Å²) < 4.78 is 72.9. The van der Waals surface area contributed by atoms with Crippen molar-refractivity contribution >= 4 is 23.1 Å². The third-order valence-electron chi connectivity index (χ3n) is 2.03. The van der Waals surface area contributed by atoms with Crippen molar-refractivity contribution in [3.05, 3.63) is 39.1 Å². The summed E-state index contributed by atoms with van der Waals surface area (Å²) in [6.07, 6.45) is 0. The first-order valence-electron chi connectivity index (χ1n) is 4.54. The molecule has 10 heteroatoms. The quantitative estimate of drug-likeness (QED) is 0.494. The van der Waals surface area contributed by atoms with E-state index in [0.29, 0.717) is 0 Å². The molecule has 3 nitrogen and oxygen atoms in total. The molecule has 0 spiro atoms. The van der Waals surface area contributed by atoms with Gasteiger partial charge in [0.2, 0.25) is 29.1 Å². The van der Waals surface area contributed by atoms with Gasteiger partial charge in [0, 0.05) is 11.5 Å². The molecule has 2 rings (SSSR count). The van der Waals surface area contributed by atoms with E-state index in [9.17, 15) is 22.0 Å². The first kappa shape index (κ1) is 13.9. The lowest BCUT2D eigenvalue weighted by molar-refractivity contribution is 0.250. The molecule has 0 atom stereocenters. The summed E-state index contributed by atoms with van der Waals surface area (Å²) in [5, 5.41) is 3.46. The van der Waals surface area contributed by atoms with Crippen LogP contribution < -0.4 is 4.74 Å². The van der Waals surface area contributed by atoms with Gasteiger partial charge in [0.05, 0.1) is 0 Å². The van der Waals surface area contributed by atoms with E-state index < -0.39 is 41.4 Å². The van der Waals surface area contributed by atoms with Crippen LogP contribution >= 0.6 is 23.1 Å². The molecule has 1 aromatic heterocycles. The number of aromatic nitrogens is 2. The molecule has 0 aliphatic rings. The number of ether oxygens (including phenoxy) is 1. The fourth-order valence-electron chi connectivity index (χ4n) is 1.14. The average Bonchev–Trinajstić information content (AvgIpc) is 2.80. The Morgan fingerprint density at radius 2 is 1.47 bits per heavy atom. The van der Waals surface area contributed by atoms with E-state index in [1.807, 2.05) is 0 Å². The lowest BCUT2D eigenvalue weighted by atomic mass is 10.2. The van der Waals surface area contributed by atoms with E-state index in [1.54, 1.807) is 0 Å². The highest BCUT2D eigenvalue weighted by Crippen LogP contribution is 2.30. The van der Waals surface area contributed by atoms with Gasteiger partial charge in [-0.15, -0.1) is 5.10 Å². The molecule has 0 bridgehead atoms. The van der Waals surface area contributed by atoms with Gasteiger partial charge in [0.1, 0.15) is 16.6 Å². The van der Waals surface area contributed by atoms with Crippen LogP contribution in [0.1, 0.15) is 5.69 Å². The van der Waals surface area contributed by atoms with E-state index in [0.717, 1.165) is 11.5 Å². The van der Waals surface area contributed by atoms with Gasteiger partial charge in [-0.25, -0.2) is 13.2 Å². The van der Waals surface area contributed by atoms with Gasteiger partial charge in [-0.3, -0.25) is 0 Å². The first-order chi connectivity index (χ1) is 8.93. The molecule has 0 aliphatic carbocycles. The molecule has 102 valence electrons. The number of hydrogen-bond donors (Lipinski definition) is 0. The minimum atomic E-state index is -2.25. The van der Waals surface area contributed by atoms with E-state index in [2.05, 4.69) is 14.3 Å². The maximum atomic E-state index is 13.2. The number of benzene rings is 1. The molecule has 0 amide bonds. The van der Waals surface area contributed by atoms with Crippen LogP contribution in [0.5, 0.6) is 5.75 Å². The van der Waals surface area contributed by atoms with Gasteiger partial charge < -0.3 is 4.74 Å². The van der Waals surface area contributed by atoms with Crippen LogP contribution in [0.25, 0.3) is 0 Å². The molecule has 0 unspecified atom stereocenters. The molecule has 0 fully saturated rings. The third kappa shape index (κ3) is 2.47. The summed E-state index contributed by atoms with van der Waals surface area (Å²) in [7, 11) is 0. The molecule has 0 N–H and O–H groups in total. The number of halogens is 6. The summed E-state index contributed by atoms with van der Waals surface area (Å²) in [5.41, 5.74) is 0.0237. The fraction of sp³-hybridized carbons (Fsp3) is 0.111. The van der Waals surface area contributed by atoms with Gasteiger partial charge in [-0.1, -0.05) is 16.1 Å². The van der Waals surface area contributed by atoms with Crippen molar-refractivity contribution in [1.29, 1.82) is 0 Å². The Labute approximate surface area is 111 Å². The van der Waals surface area contributed by atoms with Crippen LogP contribution in [0, 0.1) is 29.1 Å². The zero-order valence-corrected chi connectivity index (χ0v) is 10.3. The van der Waals surface area contributed by atoms with Crippen molar-refractivity contribution in [1.82, 2.24) is 9.59 Å². The SMILES string of the molecule is Fc1c(F)c(F)c(OCc2nnsc2Cl)c(F)c1F. The Morgan fingerprint density at radius 1 is 0.947 bits per heavy atom. The van der Waals surface area contributed by atoms with E-state index in [4.69, 9.17) is 11.6 Å². The van der Waals surface area contributed by atoms with Crippen LogP contribution in [0.4, 0.5) is 22.0 Å². The van der Waals surface area contributed by atoms with E-state index >= 15 is 0 Å². The molecule has 0 saturated heterocycles. The first-order valence-corrected chi connectivity index (χ1v) is 5.69. The van der Waals surface area contributed by atoms with Crippen LogP contribution in [0.2, 0.25) is 4.34 Å². The molecule has 1 heterocycles. The highest BCUT2D eigenvalue weighted by Gasteiger charge is 2.27. The third-order valence-corrected chi connectivity index (χ3v) is 3.02. The standard InChI is InChI=1S/C9H2ClF5N2OS/c10-9-2(16-17-19-9)1-18-8-6(14)4(12)3(11)5(13)7(8)15/h1H2. The van der Waals surface area contributed by atoms with E-state index in [-0.39, 0.29) is 10.0 Å². The smallest absolute Gasteiger partial charge is 0.207 e. The maximum Gasteiger partial charge on any atom is 0.207 e. The predicted octanol–water partition coefficient (Wildman–Crippen LogP) is 3.47. The van der Waals surface area contributed by atoms with Crippen LogP contribution in [0.15, 0.2) is 0 Å². The number of rotatable bonds is 3. The second kappa shape index (κ2) is 5.25. The van der Waals surface area contributed by atoms with Crippen LogP contribution in [-0.4, -0.2) is 9.59 Å².